The van der Waals surface area contributed by atoms with Gasteiger partial charge in [-0.05, 0) is 24.6 Å². The molecule has 3 nitrogen and oxygen atoms in total. The van der Waals surface area contributed by atoms with Crippen molar-refractivity contribution < 1.29 is 14.3 Å². The first-order valence-corrected chi connectivity index (χ1v) is 4.59. The summed E-state index contributed by atoms with van der Waals surface area (Å²) in [7, 11) is 0. The lowest BCUT2D eigenvalue weighted by atomic mass is 10.1. The highest BCUT2D eigenvalue weighted by atomic mass is 35.5. The molecule has 0 saturated carbocycles. The lowest BCUT2D eigenvalue weighted by Crippen LogP contribution is -1.97. The number of carboxylic acid groups (broad SMARTS) is 1. The Kier molecular flexibility index (Phi) is 2.16. The number of H-pyrrole nitrogens is 1. The van der Waals surface area contributed by atoms with Crippen LogP contribution in [0.5, 0.6) is 0 Å². The molecule has 15 heavy (non-hydrogen) atoms. The zero-order valence-electron chi connectivity index (χ0n) is 7.77. The first-order chi connectivity index (χ1) is 7.00. The van der Waals surface area contributed by atoms with E-state index < -0.39 is 11.8 Å². The Bertz CT molecular complexity index is 562. The molecule has 1 aromatic carbocycles. The van der Waals surface area contributed by atoms with Crippen molar-refractivity contribution in [1.29, 1.82) is 0 Å². The molecule has 0 fully saturated rings. The van der Waals surface area contributed by atoms with Gasteiger partial charge in [0.05, 0.1) is 5.02 Å². The van der Waals surface area contributed by atoms with Crippen molar-refractivity contribution >= 4 is 28.5 Å². The smallest absolute Gasteiger partial charge is 0.352 e. The lowest BCUT2D eigenvalue weighted by Gasteiger charge is -1.94. The number of aromatic nitrogens is 1. The van der Waals surface area contributed by atoms with Gasteiger partial charge >= 0.3 is 5.97 Å². The standard InChI is InChI=1S/C10H7ClFNO2/c1-4-5-2-7(12)6(11)3-8(5)13-9(4)10(14)15/h2-3,13H,1H3,(H,14,15). The Balaban J connectivity index is 2.83. The largest absolute Gasteiger partial charge is 0.477 e. The molecule has 0 aliphatic carbocycles. The molecule has 0 bridgehead atoms. The van der Waals surface area contributed by atoms with Gasteiger partial charge in [0.2, 0.25) is 0 Å². The highest BCUT2D eigenvalue weighted by Crippen LogP contribution is 2.26. The molecule has 0 spiro atoms. The maximum Gasteiger partial charge on any atom is 0.352 e. The zero-order chi connectivity index (χ0) is 11.2. The molecule has 1 heterocycles. The molecule has 0 aliphatic heterocycles. The van der Waals surface area contributed by atoms with Gasteiger partial charge in [0, 0.05) is 10.9 Å². The number of aromatic amines is 1. The number of carboxylic acids is 1. The number of rotatable bonds is 1. The first-order valence-electron chi connectivity index (χ1n) is 4.21. The maximum absolute atomic E-state index is 13.1. The third-order valence-electron chi connectivity index (χ3n) is 2.31. The zero-order valence-corrected chi connectivity index (χ0v) is 8.52. The highest BCUT2D eigenvalue weighted by molar-refractivity contribution is 6.31. The molecule has 0 radical (unpaired) electrons. The van der Waals surface area contributed by atoms with Crippen LogP contribution in [0.1, 0.15) is 16.1 Å². The van der Waals surface area contributed by atoms with Crippen LogP contribution in [0.3, 0.4) is 0 Å². The summed E-state index contributed by atoms with van der Waals surface area (Å²) in [5.74, 6) is -1.62. The van der Waals surface area contributed by atoms with Crippen LogP contribution >= 0.6 is 11.6 Å². The molecule has 0 amide bonds. The van der Waals surface area contributed by atoms with E-state index in [0.29, 0.717) is 16.5 Å². The quantitative estimate of drug-likeness (QED) is 0.787. The second kappa shape index (κ2) is 3.24. The van der Waals surface area contributed by atoms with Crippen molar-refractivity contribution in [3.05, 3.63) is 34.2 Å². The predicted molar refractivity (Wildman–Crippen MR) is 55.0 cm³/mol. The number of aromatic carboxylic acids is 1. The average Bonchev–Trinajstić information content (AvgIpc) is 2.46. The fourth-order valence-corrected chi connectivity index (χ4v) is 1.70. The Labute approximate surface area is 89.5 Å². The van der Waals surface area contributed by atoms with E-state index in [2.05, 4.69) is 4.98 Å². The summed E-state index contributed by atoms with van der Waals surface area (Å²) in [5, 5.41) is 9.36. The first kappa shape index (κ1) is 9.98. The van der Waals surface area contributed by atoms with Crippen LogP contribution < -0.4 is 0 Å². The second-order valence-corrected chi connectivity index (χ2v) is 3.65. The van der Waals surface area contributed by atoms with E-state index in [4.69, 9.17) is 16.7 Å². The number of hydrogen-bond donors (Lipinski definition) is 2. The van der Waals surface area contributed by atoms with Crippen molar-refractivity contribution in [3.63, 3.8) is 0 Å². The Morgan fingerprint density at radius 1 is 1.53 bits per heavy atom. The second-order valence-electron chi connectivity index (χ2n) is 3.24. The van der Waals surface area contributed by atoms with Crippen molar-refractivity contribution in [1.82, 2.24) is 4.98 Å². The highest BCUT2D eigenvalue weighted by Gasteiger charge is 2.15. The monoisotopic (exact) mass is 227 g/mol. The van der Waals surface area contributed by atoms with Crippen molar-refractivity contribution in [3.8, 4) is 0 Å². The molecule has 2 N–H and O–H groups in total. The van der Waals surface area contributed by atoms with Crippen LogP contribution in [0.4, 0.5) is 4.39 Å². The fraction of sp³-hybridized carbons (Fsp3) is 0.100. The number of hydrogen-bond acceptors (Lipinski definition) is 1. The number of halogens is 2. The number of carbonyl (C=O) groups is 1. The van der Waals surface area contributed by atoms with Crippen molar-refractivity contribution in [2.24, 2.45) is 0 Å². The number of fused-ring (bicyclic) bond motifs is 1. The Morgan fingerprint density at radius 2 is 2.20 bits per heavy atom. The molecule has 0 saturated heterocycles. The maximum atomic E-state index is 13.1. The molecule has 1 aromatic heterocycles. The third-order valence-corrected chi connectivity index (χ3v) is 2.60. The molecule has 2 rings (SSSR count). The van der Waals surface area contributed by atoms with Gasteiger partial charge in [-0.3, -0.25) is 0 Å². The molecular formula is C10H7ClFNO2. The van der Waals surface area contributed by atoms with E-state index in [9.17, 15) is 9.18 Å². The van der Waals surface area contributed by atoms with E-state index in [0.717, 1.165) is 0 Å². The Hall–Kier alpha value is -1.55. The topological polar surface area (TPSA) is 53.1 Å². The van der Waals surface area contributed by atoms with Crippen LogP contribution in [-0.4, -0.2) is 16.1 Å². The molecule has 2 aromatic rings. The molecule has 5 heteroatoms. The summed E-state index contributed by atoms with van der Waals surface area (Å²) in [6.07, 6.45) is 0. The third kappa shape index (κ3) is 1.47. The van der Waals surface area contributed by atoms with Gasteiger partial charge in [-0.15, -0.1) is 0 Å². The number of benzene rings is 1. The van der Waals surface area contributed by atoms with Gasteiger partial charge in [-0.2, -0.15) is 0 Å². The fourth-order valence-electron chi connectivity index (χ4n) is 1.54. The SMILES string of the molecule is Cc1c(C(=O)O)[nH]c2cc(Cl)c(F)cc12. The number of nitrogens with one attached hydrogen (secondary N) is 1. The van der Waals surface area contributed by atoms with Crippen molar-refractivity contribution in [2.75, 3.05) is 0 Å². The summed E-state index contributed by atoms with van der Waals surface area (Å²) in [4.78, 5) is 13.5. The lowest BCUT2D eigenvalue weighted by molar-refractivity contribution is 0.0691. The molecule has 0 unspecified atom stereocenters. The summed E-state index contributed by atoms with van der Waals surface area (Å²) in [6, 6.07) is 2.61. The molecule has 78 valence electrons. The average molecular weight is 228 g/mol. The van der Waals surface area contributed by atoms with Crippen molar-refractivity contribution in [2.45, 2.75) is 6.92 Å². The van der Waals surface area contributed by atoms with E-state index in [1.54, 1.807) is 6.92 Å². The predicted octanol–water partition coefficient (Wildman–Crippen LogP) is 2.97. The van der Waals surface area contributed by atoms with Crippen LogP contribution in [0.15, 0.2) is 12.1 Å². The van der Waals surface area contributed by atoms with E-state index >= 15 is 0 Å². The minimum absolute atomic E-state index is 0.0271. The van der Waals surface area contributed by atoms with Crippen LogP contribution in [-0.2, 0) is 0 Å². The molecule has 0 atom stereocenters. The van der Waals surface area contributed by atoms with Gasteiger partial charge in [-0.25, -0.2) is 9.18 Å². The summed E-state index contributed by atoms with van der Waals surface area (Å²) < 4.78 is 13.1. The Morgan fingerprint density at radius 3 is 2.80 bits per heavy atom. The number of aryl methyl sites for hydroxylation is 1. The van der Waals surface area contributed by atoms with Gasteiger partial charge in [0.25, 0.3) is 0 Å². The van der Waals surface area contributed by atoms with E-state index in [-0.39, 0.29) is 10.7 Å². The van der Waals surface area contributed by atoms with Crippen LogP contribution in [0.2, 0.25) is 5.02 Å². The van der Waals surface area contributed by atoms with E-state index in [1.807, 2.05) is 0 Å². The van der Waals surface area contributed by atoms with Gasteiger partial charge in [0.1, 0.15) is 11.5 Å². The summed E-state index contributed by atoms with van der Waals surface area (Å²) in [6.45, 7) is 1.62. The van der Waals surface area contributed by atoms with Crippen LogP contribution in [0, 0.1) is 12.7 Å². The van der Waals surface area contributed by atoms with E-state index in [1.165, 1.54) is 12.1 Å². The summed E-state index contributed by atoms with van der Waals surface area (Å²) >= 11 is 5.59. The molecular weight excluding hydrogens is 221 g/mol. The molecule has 0 aliphatic rings. The van der Waals surface area contributed by atoms with Gasteiger partial charge < -0.3 is 10.1 Å². The summed E-state index contributed by atoms with van der Waals surface area (Å²) in [5.41, 5.74) is 1.09. The minimum atomic E-state index is -1.07. The van der Waals surface area contributed by atoms with Crippen LogP contribution in [0.25, 0.3) is 10.9 Å². The van der Waals surface area contributed by atoms with Gasteiger partial charge in [-0.1, -0.05) is 11.6 Å². The normalized spacial score (nSPS) is 10.9. The van der Waals surface area contributed by atoms with Gasteiger partial charge in [0.15, 0.2) is 0 Å². The minimum Gasteiger partial charge on any atom is -0.477 e.